The molecule has 0 spiro atoms. The standard InChI is InChI=1S/C26H17BrN2O4/c27-17-6-3-7-20(14-17)33-15-23(30)28-18-10-12-19(13-11-18)29-25(31)21-8-1-4-16-5-2-9-22(24(16)21)26(29)32/h1-14H,15H2,(H,28,30). The summed E-state index contributed by atoms with van der Waals surface area (Å²) >= 11 is 3.36. The molecule has 7 heteroatoms. The number of benzene rings is 4. The average molecular weight is 501 g/mol. The summed E-state index contributed by atoms with van der Waals surface area (Å²) in [6.07, 6.45) is 0. The summed E-state index contributed by atoms with van der Waals surface area (Å²) in [5.41, 5.74) is 1.94. The summed E-state index contributed by atoms with van der Waals surface area (Å²) in [5.74, 6) is -0.493. The van der Waals surface area contributed by atoms with Crippen molar-refractivity contribution in [3.05, 3.63) is 101 Å². The van der Waals surface area contributed by atoms with Gasteiger partial charge in [0.15, 0.2) is 6.61 Å². The van der Waals surface area contributed by atoms with Crippen LogP contribution in [0.2, 0.25) is 0 Å². The van der Waals surface area contributed by atoms with E-state index in [0.29, 0.717) is 33.6 Å². The highest BCUT2D eigenvalue weighted by atomic mass is 79.9. The molecule has 1 N–H and O–H groups in total. The number of amides is 3. The first kappa shape index (κ1) is 20.9. The van der Waals surface area contributed by atoms with Crippen LogP contribution >= 0.6 is 15.9 Å². The van der Waals surface area contributed by atoms with E-state index >= 15 is 0 Å². The molecule has 3 amide bonds. The smallest absolute Gasteiger partial charge is 0.265 e. The van der Waals surface area contributed by atoms with Crippen LogP contribution in [0.1, 0.15) is 20.7 Å². The van der Waals surface area contributed by atoms with Gasteiger partial charge in [-0.15, -0.1) is 0 Å². The molecule has 0 saturated carbocycles. The lowest BCUT2D eigenvalue weighted by Crippen LogP contribution is -2.40. The number of halogens is 1. The Labute approximate surface area is 197 Å². The number of hydrogen-bond donors (Lipinski definition) is 1. The van der Waals surface area contributed by atoms with Gasteiger partial charge >= 0.3 is 0 Å². The van der Waals surface area contributed by atoms with Crippen molar-refractivity contribution in [3.8, 4) is 5.75 Å². The number of anilines is 2. The largest absolute Gasteiger partial charge is 0.484 e. The van der Waals surface area contributed by atoms with Crippen molar-refractivity contribution in [1.29, 1.82) is 0 Å². The van der Waals surface area contributed by atoms with Crippen molar-refractivity contribution in [2.75, 3.05) is 16.8 Å². The fourth-order valence-electron chi connectivity index (χ4n) is 3.86. The Hall–Kier alpha value is -3.97. The second kappa shape index (κ2) is 8.52. The lowest BCUT2D eigenvalue weighted by molar-refractivity contribution is -0.118. The zero-order valence-corrected chi connectivity index (χ0v) is 18.8. The van der Waals surface area contributed by atoms with Crippen LogP contribution in [0, 0.1) is 0 Å². The molecule has 0 fully saturated rings. The predicted octanol–water partition coefficient (Wildman–Crippen LogP) is 5.42. The minimum atomic E-state index is -0.372. The van der Waals surface area contributed by atoms with Crippen molar-refractivity contribution in [2.45, 2.75) is 0 Å². The summed E-state index contributed by atoms with van der Waals surface area (Å²) in [6, 6.07) is 24.6. The Bertz CT molecular complexity index is 1370. The zero-order chi connectivity index (χ0) is 22.9. The lowest BCUT2D eigenvalue weighted by Gasteiger charge is -2.27. The van der Waals surface area contributed by atoms with Crippen molar-refractivity contribution < 1.29 is 19.1 Å². The molecule has 1 aliphatic rings. The molecule has 0 bridgehead atoms. The third-order valence-electron chi connectivity index (χ3n) is 5.35. The predicted molar refractivity (Wildman–Crippen MR) is 130 cm³/mol. The number of carbonyl (C=O) groups is 3. The maximum Gasteiger partial charge on any atom is 0.265 e. The van der Waals surface area contributed by atoms with E-state index in [0.717, 1.165) is 9.86 Å². The van der Waals surface area contributed by atoms with Gasteiger partial charge in [-0.2, -0.15) is 0 Å². The molecule has 1 aliphatic heterocycles. The second-order valence-electron chi connectivity index (χ2n) is 7.50. The van der Waals surface area contributed by atoms with Crippen molar-refractivity contribution in [2.24, 2.45) is 0 Å². The highest BCUT2D eigenvalue weighted by Crippen LogP contribution is 2.33. The molecule has 0 aliphatic carbocycles. The molecule has 0 saturated heterocycles. The Morgan fingerprint density at radius 2 is 1.48 bits per heavy atom. The highest BCUT2D eigenvalue weighted by Gasteiger charge is 2.33. The molecule has 0 radical (unpaired) electrons. The van der Waals surface area contributed by atoms with Crippen molar-refractivity contribution in [3.63, 3.8) is 0 Å². The highest BCUT2D eigenvalue weighted by molar-refractivity contribution is 9.10. The molecule has 6 nitrogen and oxygen atoms in total. The summed E-state index contributed by atoms with van der Waals surface area (Å²) < 4.78 is 6.35. The number of carbonyl (C=O) groups excluding carboxylic acids is 3. The molecule has 162 valence electrons. The van der Waals surface area contributed by atoms with E-state index in [-0.39, 0.29) is 24.3 Å². The number of nitrogens with one attached hydrogen (secondary N) is 1. The second-order valence-corrected chi connectivity index (χ2v) is 8.41. The summed E-state index contributed by atoms with van der Waals surface area (Å²) in [4.78, 5) is 39.7. The number of nitrogens with zero attached hydrogens (tertiary/aromatic N) is 1. The minimum Gasteiger partial charge on any atom is -0.484 e. The first-order valence-corrected chi connectivity index (χ1v) is 11.0. The molecule has 4 aromatic carbocycles. The van der Waals surface area contributed by atoms with Gasteiger partial charge in [0, 0.05) is 26.7 Å². The quantitative estimate of drug-likeness (QED) is 0.371. The first-order valence-electron chi connectivity index (χ1n) is 10.2. The van der Waals surface area contributed by atoms with Crippen molar-refractivity contribution in [1.82, 2.24) is 0 Å². The molecule has 0 atom stereocenters. The van der Waals surface area contributed by atoms with Crippen LogP contribution in [0.15, 0.2) is 89.4 Å². The zero-order valence-electron chi connectivity index (χ0n) is 17.2. The van der Waals surface area contributed by atoms with E-state index < -0.39 is 0 Å². The minimum absolute atomic E-state index is 0.151. The van der Waals surface area contributed by atoms with Gasteiger partial charge in [-0.05, 0) is 60.0 Å². The van der Waals surface area contributed by atoms with Gasteiger partial charge in [-0.3, -0.25) is 14.4 Å². The van der Waals surface area contributed by atoms with E-state index in [4.69, 9.17) is 4.74 Å². The lowest BCUT2D eigenvalue weighted by atomic mass is 9.94. The van der Waals surface area contributed by atoms with E-state index in [9.17, 15) is 14.4 Å². The van der Waals surface area contributed by atoms with Gasteiger partial charge in [-0.1, -0.05) is 46.3 Å². The van der Waals surface area contributed by atoms with E-state index in [1.165, 1.54) is 4.90 Å². The van der Waals surface area contributed by atoms with Crippen LogP contribution in [0.5, 0.6) is 5.75 Å². The fourth-order valence-corrected chi connectivity index (χ4v) is 4.24. The normalized spacial score (nSPS) is 12.7. The maximum absolute atomic E-state index is 13.1. The van der Waals surface area contributed by atoms with E-state index in [1.54, 1.807) is 48.5 Å². The van der Waals surface area contributed by atoms with Crippen LogP contribution in [-0.4, -0.2) is 24.3 Å². The van der Waals surface area contributed by atoms with Gasteiger partial charge in [0.05, 0.1) is 5.69 Å². The van der Waals surface area contributed by atoms with Crippen LogP contribution in [0.3, 0.4) is 0 Å². The van der Waals surface area contributed by atoms with E-state index in [2.05, 4.69) is 21.2 Å². The van der Waals surface area contributed by atoms with Gasteiger partial charge in [0.2, 0.25) is 0 Å². The Kier molecular flexibility index (Phi) is 5.40. The SMILES string of the molecule is O=C(COc1cccc(Br)c1)Nc1ccc(N2C(=O)c3cccc4cccc(c34)C2=O)cc1. The molecular weight excluding hydrogens is 484 g/mol. The Morgan fingerprint density at radius 3 is 2.12 bits per heavy atom. The monoisotopic (exact) mass is 500 g/mol. The van der Waals surface area contributed by atoms with Crippen LogP contribution in [0.25, 0.3) is 10.8 Å². The van der Waals surface area contributed by atoms with Crippen molar-refractivity contribution >= 4 is 55.8 Å². The molecule has 0 unspecified atom stereocenters. The molecule has 0 aromatic heterocycles. The average Bonchev–Trinajstić information content (AvgIpc) is 2.82. The van der Waals surface area contributed by atoms with Crippen LogP contribution in [0.4, 0.5) is 11.4 Å². The number of rotatable bonds is 5. The van der Waals surface area contributed by atoms with Gasteiger partial charge in [0.1, 0.15) is 5.75 Å². The topological polar surface area (TPSA) is 75.7 Å². The molecule has 33 heavy (non-hydrogen) atoms. The summed E-state index contributed by atoms with van der Waals surface area (Å²) in [6.45, 7) is -0.151. The summed E-state index contributed by atoms with van der Waals surface area (Å²) in [5, 5.41) is 4.28. The Balaban J connectivity index is 1.32. The van der Waals surface area contributed by atoms with Gasteiger partial charge < -0.3 is 10.1 Å². The third-order valence-corrected chi connectivity index (χ3v) is 5.84. The molecule has 4 aromatic rings. The number of hydrogen-bond acceptors (Lipinski definition) is 4. The van der Waals surface area contributed by atoms with E-state index in [1.807, 2.05) is 36.4 Å². The molecule has 5 rings (SSSR count). The number of ether oxygens (including phenoxy) is 1. The molecule has 1 heterocycles. The van der Waals surface area contributed by atoms with Crippen LogP contribution < -0.4 is 15.0 Å². The fraction of sp³-hybridized carbons (Fsp3) is 0.0385. The maximum atomic E-state index is 13.1. The van der Waals surface area contributed by atoms with Crippen LogP contribution in [-0.2, 0) is 4.79 Å². The number of imide groups is 1. The Morgan fingerprint density at radius 1 is 0.848 bits per heavy atom. The third kappa shape index (κ3) is 3.99. The summed E-state index contributed by atoms with van der Waals surface area (Å²) in [7, 11) is 0. The van der Waals surface area contributed by atoms with Gasteiger partial charge in [-0.25, -0.2) is 4.90 Å². The first-order chi connectivity index (χ1) is 16.0. The van der Waals surface area contributed by atoms with Gasteiger partial charge in [0.25, 0.3) is 17.7 Å². The molecular formula is C26H17BrN2O4.